The van der Waals surface area contributed by atoms with Gasteiger partial charge in [-0.25, -0.2) is 8.42 Å². The zero-order chi connectivity index (χ0) is 16.1. The molecule has 0 unspecified atom stereocenters. The Kier molecular flexibility index (Phi) is 3.56. The molecule has 0 aromatic heterocycles. The molecule has 0 saturated heterocycles. The molecule has 1 aliphatic heterocycles. The molecule has 1 aliphatic carbocycles. The second kappa shape index (κ2) is 5.16. The van der Waals surface area contributed by atoms with Crippen molar-refractivity contribution < 1.29 is 18.0 Å². The summed E-state index contributed by atoms with van der Waals surface area (Å²) in [7, 11) is -3.21. The molecule has 1 aromatic rings. The molecule has 0 N–H and O–H groups in total. The van der Waals surface area contributed by atoms with Crippen LogP contribution in [-0.2, 0) is 21.1 Å². The Labute approximate surface area is 130 Å². The second-order valence-electron chi connectivity index (χ2n) is 6.04. The molecular formula is C17H18O4S. The number of fused-ring (bicyclic) bond motifs is 1. The average molecular weight is 318 g/mol. The van der Waals surface area contributed by atoms with Crippen LogP contribution in [0.4, 0.5) is 0 Å². The third kappa shape index (κ3) is 2.24. The van der Waals surface area contributed by atoms with Crippen molar-refractivity contribution >= 4 is 21.4 Å². The third-order valence-corrected chi connectivity index (χ3v) is 6.44. The van der Waals surface area contributed by atoms with Crippen molar-refractivity contribution in [3.05, 3.63) is 40.0 Å². The standard InChI is InChI=1S/C17H18O4S/c1-10-4-3-5-14(18)16(10)17(19)13-6-7-15-12(11(13)2)8-9-22(15,20)21/h6-7H,3-5,8-9H2,1-2H3. The molecule has 0 fully saturated rings. The lowest BCUT2D eigenvalue weighted by Gasteiger charge is -2.17. The van der Waals surface area contributed by atoms with Crippen LogP contribution in [0.2, 0.25) is 0 Å². The number of carbonyl (C=O) groups is 2. The molecule has 0 spiro atoms. The van der Waals surface area contributed by atoms with Crippen LogP contribution in [0.1, 0.15) is 47.7 Å². The van der Waals surface area contributed by atoms with Gasteiger partial charge in [-0.05, 0) is 56.4 Å². The monoisotopic (exact) mass is 318 g/mol. The summed E-state index contributed by atoms with van der Waals surface area (Å²) < 4.78 is 23.9. The lowest BCUT2D eigenvalue weighted by Crippen LogP contribution is -2.20. The quantitative estimate of drug-likeness (QED) is 0.621. The summed E-state index contributed by atoms with van der Waals surface area (Å²) in [6.45, 7) is 3.60. The smallest absolute Gasteiger partial charge is 0.196 e. The topological polar surface area (TPSA) is 68.3 Å². The van der Waals surface area contributed by atoms with E-state index >= 15 is 0 Å². The van der Waals surface area contributed by atoms with Crippen molar-refractivity contribution in [3.8, 4) is 0 Å². The highest BCUT2D eigenvalue weighted by molar-refractivity contribution is 7.91. The van der Waals surface area contributed by atoms with Crippen molar-refractivity contribution in [1.29, 1.82) is 0 Å². The third-order valence-electron chi connectivity index (χ3n) is 4.64. The molecule has 22 heavy (non-hydrogen) atoms. The molecule has 116 valence electrons. The van der Waals surface area contributed by atoms with Crippen LogP contribution < -0.4 is 0 Å². The van der Waals surface area contributed by atoms with Gasteiger partial charge in [0.25, 0.3) is 0 Å². The van der Waals surface area contributed by atoms with E-state index in [1.807, 2.05) is 6.92 Å². The van der Waals surface area contributed by atoms with Crippen LogP contribution >= 0.6 is 0 Å². The molecule has 4 nitrogen and oxygen atoms in total. The van der Waals surface area contributed by atoms with Crippen molar-refractivity contribution in [3.63, 3.8) is 0 Å². The molecule has 0 atom stereocenters. The normalized spacial score (nSPS) is 20.2. The molecule has 1 aromatic carbocycles. The van der Waals surface area contributed by atoms with Crippen LogP contribution in [0, 0.1) is 6.92 Å². The predicted octanol–water partition coefficient (Wildman–Crippen LogP) is 2.58. The van der Waals surface area contributed by atoms with Gasteiger partial charge in [-0.15, -0.1) is 0 Å². The van der Waals surface area contributed by atoms with E-state index in [-0.39, 0.29) is 17.3 Å². The van der Waals surface area contributed by atoms with Gasteiger partial charge in [0.15, 0.2) is 21.4 Å². The fourth-order valence-electron chi connectivity index (χ4n) is 3.38. The minimum absolute atomic E-state index is 0.0960. The Morgan fingerprint density at radius 2 is 1.82 bits per heavy atom. The highest BCUT2D eigenvalue weighted by Crippen LogP contribution is 2.32. The Balaban J connectivity index is 2.11. The van der Waals surface area contributed by atoms with E-state index in [0.717, 1.165) is 24.0 Å². The molecule has 2 aliphatic rings. The van der Waals surface area contributed by atoms with Crippen LogP contribution in [0.3, 0.4) is 0 Å². The number of benzene rings is 1. The number of ketones is 2. The Morgan fingerprint density at radius 1 is 1.09 bits per heavy atom. The zero-order valence-corrected chi connectivity index (χ0v) is 13.5. The summed E-state index contributed by atoms with van der Waals surface area (Å²) in [6.07, 6.45) is 2.42. The van der Waals surface area contributed by atoms with E-state index in [1.54, 1.807) is 13.0 Å². The molecule has 1 heterocycles. The van der Waals surface area contributed by atoms with Gasteiger partial charge < -0.3 is 0 Å². The number of sulfone groups is 1. The fraction of sp³-hybridized carbons (Fsp3) is 0.412. The van der Waals surface area contributed by atoms with Gasteiger partial charge >= 0.3 is 0 Å². The number of carbonyl (C=O) groups excluding carboxylic acids is 2. The minimum atomic E-state index is -3.21. The number of allylic oxidation sites excluding steroid dienone is 2. The number of hydrogen-bond acceptors (Lipinski definition) is 4. The van der Waals surface area contributed by atoms with Gasteiger partial charge in [0.1, 0.15) is 0 Å². The number of Topliss-reactive ketones (excluding diaryl/α,β-unsaturated/α-hetero) is 2. The zero-order valence-electron chi connectivity index (χ0n) is 12.7. The van der Waals surface area contributed by atoms with E-state index in [9.17, 15) is 18.0 Å². The van der Waals surface area contributed by atoms with Crippen LogP contribution in [0.5, 0.6) is 0 Å². The van der Waals surface area contributed by atoms with Gasteiger partial charge in [0.2, 0.25) is 0 Å². The summed E-state index contributed by atoms with van der Waals surface area (Å²) in [6, 6.07) is 3.07. The van der Waals surface area contributed by atoms with Crippen molar-refractivity contribution in [2.24, 2.45) is 0 Å². The largest absolute Gasteiger partial charge is 0.294 e. The molecule has 0 amide bonds. The number of rotatable bonds is 2. The van der Waals surface area contributed by atoms with Gasteiger partial charge in [-0.1, -0.05) is 5.57 Å². The van der Waals surface area contributed by atoms with Crippen LogP contribution in [-0.4, -0.2) is 25.7 Å². The van der Waals surface area contributed by atoms with Crippen LogP contribution in [0.15, 0.2) is 28.2 Å². The van der Waals surface area contributed by atoms with Crippen LogP contribution in [0.25, 0.3) is 0 Å². The SMILES string of the molecule is CC1=C(C(=O)c2ccc3c(c2C)CCS3(=O)=O)C(=O)CCC1. The average Bonchev–Trinajstić information content (AvgIpc) is 2.75. The van der Waals surface area contributed by atoms with E-state index in [0.29, 0.717) is 34.4 Å². The summed E-state index contributed by atoms with van der Waals surface area (Å²) in [5, 5.41) is 0. The predicted molar refractivity (Wildman–Crippen MR) is 82.8 cm³/mol. The first kappa shape index (κ1) is 15.2. The number of hydrogen-bond donors (Lipinski definition) is 0. The van der Waals surface area contributed by atoms with Gasteiger partial charge in [-0.2, -0.15) is 0 Å². The second-order valence-corrected chi connectivity index (χ2v) is 8.12. The van der Waals surface area contributed by atoms with E-state index in [2.05, 4.69) is 0 Å². The maximum atomic E-state index is 12.8. The van der Waals surface area contributed by atoms with E-state index < -0.39 is 9.84 Å². The van der Waals surface area contributed by atoms with Gasteiger partial charge in [-0.3, -0.25) is 9.59 Å². The van der Waals surface area contributed by atoms with Crippen molar-refractivity contribution in [2.45, 2.75) is 44.4 Å². The first-order valence-electron chi connectivity index (χ1n) is 7.46. The summed E-state index contributed by atoms with van der Waals surface area (Å²) in [5.74, 6) is -0.255. The van der Waals surface area contributed by atoms with E-state index in [4.69, 9.17) is 0 Å². The molecule has 0 saturated carbocycles. The maximum absolute atomic E-state index is 12.8. The molecule has 0 bridgehead atoms. The highest BCUT2D eigenvalue weighted by Gasteiger charge is 2.31. The lowest BCUT2D eigenvalue weighted by atomic mass is 9.85. The van der Waals surface area contributed by atoms with Gasteiger partial charge in [0.05, 0.1) is 16.2 Å². The Hall–Kier alpha value is -1.75. The molecule has 0 radical (unpaired) electrons. The minimum Gasteiger partial charge on any atom is -0.294 e. The first-order chi connectivity index (χ1) is 10.3. The highest BCUT2D eigenvalue weighted by atomic mass is 32.2. The van der Waals surface area contributed by atoms with Gasteiger partial charge in [0, 0.05) is 12.0 Å². The maximum Gasteiger partial charge on any atom is 0.196 e. The summed E-state index contributed by atoms with van der Waals surface area (Å²) in [4.78, 5) is 25.2. The first-order valence-corrected chi connectivity index (χ1v) is 9.11. The van der Waals surface area contributed by atoms with E-state index in [1.165, 1.54) is 6.07 Å². The Morgan fingerprint density at radius 3 is 2.50 bits per heavy atom. The van der Waals surface area contributed by atoms with Crippen molar-refractivity contribution in [1.82, 2.24) is 0 Å². The summed E-state index contributed by atoms with van der Waals surface area (Å²) in [5.41, 5.74) is 3.03. The fourth-order valence-corrected chi connectivity index (χ4v) is 4.98. The lowest BCUT2D eigenvalue weighted by molar-refractivity contribution is -0.115. The molecule has 3 rings (SSSR count). The summed E-state index contributed by atoms with van der Waals surface area (Å²) >= 11 is 0. The molecule has 5 heteroatoms. The Bertz CT molecular complexity index is 828. The molecular weight excluding hydrogens is 300 g/mol. The van der Waals surface area contributed by atoms with Crippen molar-refractivity contribution in [2.75, 3.05) is 5.75 Å².